The Labute approximate surface area is 173 Å². The Morgan fingerprint density at radius 2 is 1.28 bits per heavy atom. The molecule has 0 bridgehead atoms. The third kappa shape index (κ3) is 5.20. The first-order valence-electron chi connectivity index (χ1n) is 10.2. The number of phenols is 1. The van der Waals surface area contributed by atoms with Gasteiger partial charge in [0.25, 0.3) is 0 Å². The van der Waals surface area contributed by atoms with E-state index in [1.165, 1.54) is 27.2 Å². The number of hydrogen-bond donors (Lipinski definition) is 1. The van der Waals surface area contributed by atoms with Crippen molar-refractivity contribution in [3.05, 3.63) is 78.9 Å². The van der Waals surface area contributed by atoms with Crippen LogP contribution in [0.3, 0.4) is 0 Å². The maximum absolute atomic E-state index is 8.87. The number of phenolic OH excluding ortho intramolecular Hbond substituents is 1. The molecule has 3 nitrogen and oxygen atoms in total. The molecule has 0 aliphatic rings. The quantitative estimate of drug-likeness (QED) is 0.390. The molecular weight excluding hydrogens is 358 g/mol. The predicted molar refractivity (Wildman–Crippen MR) is 124 cm³/mol. The SMILES string of the molecule is CCN(CC)c1ccc2cc3ccccc3cc2c1.CCOc1ccc(O)cc1. The molecule has 4 aromatic rings. The van der Waals surface area contributed by atoms with E-state index >= 15 is 0 Å². The van der Waals surface area contributed by atoms with Crippen molar-refractivity contribution in [2.45, 2.75) is 20.8 Å². The Bertz CT molecular complexity index is 1050. The molecule has 0 aliphatic heterocycles. The van der Waals surface area contributed by atoms with Crippen LogP contribution >= 0.6 is 0 Å². The number of benzene rings is 4. The fraction of sp³-hybridized carbons (Fsp3) is 0.231. The number of hydrogen-bond acceptors (Lipinski definition) is 3. The van der Waals surface area contributed by atoms with Crippen LogP contribution in [0.4, 0.5) is 5.69 Å². The van der Waals surface area contributed by atoms with Gasteiger partial charge in [-0.2, -0.15) is 0 Å². The fourth-order valence-electron chi connectivity index (χ4n) is 3.42. The highest BCUT2D eigenvalue weighted by molar-refractivity contribution is 5.99. The van der Waals surface area contributed by atoms with Gasteiger partial charge < -0.3 is 14.7 Å². The second kappa shape index (κ2) is 9.83. The Kier molecular flexibility index (Phi) is 6.96. The number of nitrogens with zero attached hydrogens (tertiary/aromatic N) is 1. The zero-order valence-electron chi connectivity index (χ0n) is 17.4. The molecule has 0 aliphatic carbocycles. The Balaban J connectivity index is 0.000000204. The van der Waals surface area contributed by atoms with Crippen molar-refractivity contribution in [2.24, 2.45) is 0 Å². The summed E-state index contributed by atoms with van der Waals surface area (Å²) in [5, 5.41) is 14.1. The minimum atomic E-state index is 0.267. The lowest BCUT2D eigenvalue weighted by Gasteiger charge is -2.21. The summed E-state index contributed by atoms with van der Waals surface area (Å²) in [5.41, 5.74) is 1.31. The van der Waals surface area contributed by atoms with Gasteiger partial charge in [0, 0.05) is 18.8 Å². The molecule has 0 saturated heterocycles. The molecule has 0 atom stereocenters. The van der Waals surface area contributed by atoms with Gasteiger partial charge in [0.2, 0.25) is 0 Å². The molecule has 0 spiro atoms. The summed E-state index contributed by atoms with van der Waals surface area (Å²) in [4.78, 5) is 2.38. The van der Waals surface area contributed by atoms with Crippen molar-refractivity contribution in [2.75, 3.05) is 24.6 Å². The number of ether oxygens (including phenoxy) is 1. The second-order valence-corrected chi connectivity index (χ2v) is 6.83. The first-order chi connectivity index (χ1) is 14.1. The molecule has 29 heavy (non-hydrogen) atoms. The van der Waals surface area contributed by atoms with Crippen LogP contribution in [0, 0.1) is 0 Å². The van der Waals surface area contributed by atoms with E-state index in [2.05, 4.69) is 73.3 Å². The van der Waals surface area contributed by atoms with Gasteiger partial charge in [0.15, 0.2) is 0 Å². The van der Waals surface area contributed by atoms with Gasteiger partial charge in [-0.05, 0) is 90.8 Å². The van der Waals surface area contributed by atoms with E-state index in [1.807, 2.05) is 6.92 Å². The zero-order chi connectivity index (χ0) is 20.6. The smallest absolute Gasteiger partial charge is 0.119 e. The minimum Gasteiger partial charge on any atom is -0.508 e. The monoisotopic (exact) mass is 387 g/mol. The summed E-state index contributed by atoms with van der Waals surface area (Å²) in [5.74, 6) is 1.06. The van der Waals surface area contributed by atoms with E-state index in [-0.39, 0.29) is 5.75 Å². The highest BCUT2D eigenvalue weighted by Crippen LogP contribution is 2.26. The van der Waals surface area contributed by atoms with Crippen LogP contribution in [0.2, 0.25) is 0 Å². The summed E-state index contributed by atoms with van der Waals surface area (Å²) < 4.78 is 5.15. The Morgan fingerprint density at radius 3 is 1.86 bits per heavy atom. The van der Waals surface area contributed by atoms with Gasteiger partial charge >= 0.3 is 0 Å². The molecule has 0 unspecified atom stereocenters. The summed E-state index contributed by atoms with van der Waals surface area (Å²) >= 11 is 0. The van der Waals surface area contributed by atoms with E-state index in [9.17, 15) is 0 Å². The molecule has 3 heteroatoms. The zero-order valence-corrected chi connectivity index (χ0v) is 17.4. The normalized spacial score (nSPS) is 10.4. The molecule has 0 heterocycles. The van der Waals surface area contributed by atoms with Crippen molar-refractivity contribution in [1.29, 1.82) is 0 Å². The third-order valence-electron chi connectivity index (χ3n) is 4.96. The summed E-state index contributed by atoms with van der Waals surface area (Å²) in [7, 11) is 0. The topological polar surface area (TPSA) is 32.7 Å². The van der Waals surface area contributed by atoms with Gasteiger partial charge in [-0.1, -0.05) is 30.3 Å². The minimum absolute atomic E-state index is 0.267. The first kappa shape index (κ1) is 20.5. The standard InChI is InChI=1S/C18H19N.C8H10O2/c1-3-19(4-2)18-10-9-16-11-14-7-5-6-8-15(14)12-17(16)13-18;1-2-10-8-5-3-7(9)4-6-8/h5-13H,3-4H2,1-2H3;3-6,9H,2H2,1H3. The van der Waals surface area contributed by atoms with E-state index < -0.39 is 0 Å². The van der Waals surface area contributed by atoms with Crippen LogP contribution in [-0.4, -0.2) is 24.8 Å². The predicted octanol–water partition coefficient (Wildman–Crippen LogP) is 6.63. The van der Waals surface area contributed by atoms with Gasteiger partial charge in [-0.25, -0.2) is 0 Å². The lowest BCUT2D eigenvalue weighted by molar-refractivity contribution is 0.339. The van der Waals surface area contributed by atoms with Gasteiger partial charge in [-0.15, -0.1) is 0 Å². The van der Waals surface area contributed by atoms with Crippen LogP contribution in [-0.2, 0) is 0 Å². The fourth-order valence-corrected chi connectivity index (χ4v) is 3.42. The Hall–Kier alpha value is -3.20. The number of aromatic hydroxyl groups is 1. The van der Waals surface area contributed by atoms with Gasteiger partial charge in [0.1, 0.15) is 11.5 Å². The van der Waals surface area contributed by atoms with E-state index in [0.717, 1.165) is 18.8 Å². The summed E-state index contributed by atoms with van der Waals surface area (Å²) in [6.45, 7) is 9.09. The van der Waals surface area contributed by atoms with Gasteiger partial charge in [0.05, 0.1) is 6.61 Å². The van der Waals surface area contributed by atoms with Crippen molar-refractivity contribution < 1.29 is 9.84 Å². The molecule has 0 fully saturated rings. The average molecular weight is 388 g/mol. The first-order valence-corrected chi connectivity index (χ1v) is 10.2. The maximum Gasteiger partial charge on any atom is 0.119 e. The van der Waals surface area contributed by atoms with E-state index in [0.29, 0.717) is 6.61 Å². The lowest BCUT2D eigenvalue weighted by Crippen LogP contribution is -2.21. The van der Waals surface area contributed by atoms with Crippen LogP contribution in [0.15, 0.2) is 78.9 Å². The van der Waals surface area contributed by atoms with Crippen molar-refractivity contribution in [3.63, 3.8) is 0 Å². The summed E-state index contributed by atoms with van der Waals surface area (Å²) in [6, 6.07) is 26.5. The largest absolute Gasteiger partial charge is 0.508 e. The molecule has 1 N–H and O–H groups in total. The van der Waals surface area contributed by atoms with Crippen LogP contribution < -0.4 is 9.64 Å². The lowest BCUT2D eigenvalue weighted by atomic mass is 10.0. The summed E-state index contributed by atoms with van der Waals surface area (Å²) in [6.07, 6.45) is 0. The molecule has 150 valence electrons. The molecule has 4 rings (SSSR count). The third-order valence-corrected chi connectivity index (χ3v) is 4.96. The number of anilines is 1. The van der Waals surface area contributed by atoms with Crippen LogP contribution in [0.5, 0.6) is 11.5 Å². The van der Waals surface area contributed by atoms with Gasteiger partial charge in [-0.3, -0.25) is 0 Å². The van der Waals surface area contributed by atoms with Crippen molar-refractivity contribution in [3.8, 4) is 11.5 Å². The van der Waals surface area contributed by atoms with E-state index in [4.69, 9.17) is 9.84 Å². The highest BCUT2D eigenvalue weighted by atomic mass is 16.5. The van der Waals surface area contributed by atoms with E-state index in [1.54, 1.807) is 24.3 Å². The highest BCUT2D eigenvalue weighted by Gasteiger charge is 2.04. The Morgan fingerprint density at radius 1 is 0.690 bits per heavy atom. The average Bonchev–Trinajstić information content (AvgIpc) is 2.75. The molecule has 0 aromatic heterocycles. The molecular formula is C26H29NO2. The second-order valence-electron chi connectivity index (χ2n) is 6.83. The van der Waals surface area contributed by atoms with Crippen molar-refractivity contribution >= 4 is 27.2 Å². The maximum atomic E-state index is 8.87. The molecule has 0 saturated carbocycles. The number of fused-ring (bicyclic) bond motifs is 2. The molecule has 4 aromatic carbocycles. The molecule has 0 radical (unpaired) electrons. The van der Waals surface area contributed by atoms with Crippen LogP contribution in [0.25, 0.3) is 21.5 Å². The number of rotatable bonds is 5. The van der Waals surface area contributed by atoms with Crippen molar-refractivity contribution in [1.82, 2.24) is 0 Å². The molecule has 0 amide bonds. The van der Waals surface area contributed by atoms with Crippen LogP contribution in [0.1, 0.15) is 20.8 Å².